The Kier molecular flexibility index (Phi) is 3.40. The van der Waals surface area contributed by atoms with Crippen LogP contribution in [0.4, 0.5) is 0 Å². The van der Waals surface area contributed by atoms with E-state index in [0.29, 0.717) is 0 Å². The van der Waals surface area contributed by atoms with Gasteiger partial charge in [0.1, 0.15) is 11.7 Å². The average molecular weight is 241 g/mol. The van der Waals surface area contributed by atoms with Gasteiger partial charge in [-0.3, -0.25) is 4.79 Å². The van der Waals surface area contributed by atoms with E-state index in [1.54, 1.807) is 20.8 Å². The number of carboxylic acid groups (broad SMARTS) is 1. The van der Waals surface area contributed by atoms with Crippen molar-refractivity contribution in [2.24, 2.45) is 5.41 Å². The number of carboxylic acids is 1. The zero-order valence-corrected chi connectivity index (χ0v) is 9.83. The molecule has 0 aliphatic rings. The zero-order valence-electron chi connectivity index (χ0n) is 9.83. The van der Waals surface area contributed by atoms with Crippen LogP contribution in [0.5, 0.6) is 0 Å². The van der Waals surface area contributed by atoms with Gasteiger partial charge in [0.15, 0.2) is 0 Å². The Morgan fingerprint density at radius 3 is 2.35 bits per heavy atom. The van der Waals surface area contributed by atoms with Gasteiger partial charge in [0.05, 0.1) is 0 Å². The Labute approximate surface area is 97.2 Å². The van der Waals surface area contributed by atoms with Gasteiger partial charge in [-0.1, -0.05) is 20.8 Å². The molecule has 0 bridgehead atoms. The molecule has 1 atom stereocenters. The van der Waals surface area contributed by atoms with Crippen molar-refractivity contribution in [3.8, 4) is 0 Å². The molecule has 94 valence electrons. The molecule has 1 unspecified atom stereocenters. The van der Waals surface area contributed by atoms with Crippen LogP contribution >= 0.6 is 0 Å². The highest BCUT2D eigenvalue weighted by atomic mass is 16.4. The summed E-state index contributed by atoms with van der Waals surface area (Å²) in [6.07, 6.45) is 1.19. The van der Waals surface area contributed by atoms with Crippen molar-refractivity contribution in [1.29, 1.82) is 0 Å². The highest BCUT2D eigenvalue weighted by Gasteiger charge is 2.33. The molecular weight excluding hydrogens is 226 g/mol. The Bertz CT molecular complexity index is 480. The third kappa shape index (κ3) is 3.20. The first-order valence-electron chi connectivity index (χ1n) is 5.03. The van der Waals surface area contributed by atoms with Gasteiger partial charge in [-0.25, -0.2) is 9.59 Å². The van der Waals surface area contributed by atoms with Gasteiger partial charge in [-0.15, -0.1) is 0 Å². The molecule has 1 aromatic heterocycles. The molecule has 1 aromatic rings. The van der Waals surface area contributed by atoms with Gasteiger partial charge >= 0.3 is 11.7 Å². The minimum atomic E-state index is -1.12. The molecule has 0 saturated heterocycles. The number of rotatable bonds is 3. The van der Waals surface area contributed by atoms with E-state index in [0.717, 1.165) is 0 Å². The Morgan fingerprint density at radius 2 is 2.00 bits per heavy atom. The van der Waals surface area contributed by atoms with E-state index in [9.17, 15) is 14.4 Å². The monoisotopic (exact) mass is 241 g/mol. The van der Waals surface area contributed by atoms with Crippen molar-refractivity contribution in [1.82, 2.24) is 15.3 Å². The van der Waals surface area contributed by atoms with Crippen LogP contribution in [-0.2, 0) is 4.79 Å². The van der Waals surface area contributed by atoms with Gasteiger partial charge in [0.25, 0.3) is 5.91 Å². The van der Waals surface area contributed by atoms with E-state index in [1.165, 1.54) is 6.20 Å². The van der Waals surface area contributed by atoms with Crippen molar-refractivity contribution in [2.45, 2.75) is 26.8 Å². The van der Waals surface area contributed by atoms with Crippen LogP contribution in [0.25, 0.3) is 0 Å². The quantitative estimate of drug-likeness (QED) is 0.593. The van der Waals surface area contributed by atoms with Crippen LogP contribution < -0.4 is 11.0 Å². The van der Waals surface area contributed by atoms with Crippen LogP contribution in [0.15, 0.2) is 11.0 Å². The Balaban J connectivity index is 2.86. The fourth-order valence-electron chi connectivity index (χ4n) is 1.31. The maximum Gasteiger partial charge on any atom is 0.326 e. The number of nitrogens with one attached hydrogen (secondary N) is 3. The molecule has 0 aromatic carbocycles. The normalized spacial score (nSPS) is 13.1. The van der Waals surface area contributed by atoms with E-state index in [2.05, 4.69) is 15.3 Å². The molecule has 4 N–H and O–H groups in total. The van der Waals surface area contributed by atoms with E-state index < -0.39 is 29.0 Å². The predicted octanol–water partition coefficient (Wildman–Crippen LogP) is -0.0679. The number of imidazole rings is 1. The van der Waals surface area contributed by atoms with E-state index >= 15 is 0 Å². The smallest absolute Gasteiger partial charge is 0.326 e. The number of hydrogen-bond acceptors (Lipinski definition) is 3. The summed E-state index contributed by atoms with van der Waals surface area (Å²) in [5, 5.41) is 11.4. The third-order valence-corrected chi connectivity index (χ3v) is 2.23. The molecule has 0 fully saturated rings. The van der Waals surface area contributed by atoms with Gasteiger partial charge < -0.3 is 20.4 Å². The minimum Gasteiger partial charge on any atom is -0.480 e. The highest BCUT2D eigenvalue weighted by Crippen LogP contribution is 2.19. The summed E-state index contributed by atoms with van der Waals surface area (Å²) in [5.41, 5.74) is -1.14. The van der Waals surface area contributed by atoms with Crippen LogP contribution in [0.3, 0.4) is 0 Å². The molecule has 7 nitrogen and oxygen atoms in total. The van der Waals surface area contributed by atoms with E-state index in [1.807, 2.05) is 0 Å². The zero-order chi connectivity index (χ0) is 13.2. The second-order valence-corrected chi connectivity index (χ2v) is 4.77. The topological polar surface area (TPSA) is 115 Å². The van der Waals surface area contributed by atoms with Crippen LogP contribution in [-0.4, -0.2) is 33.0 Å². The van der Waals surface area contributed by atoms with Crippen molar-refractivity contribution in [3.05, 3.63) is 22.4 Å². The van der Waals surface area contributed by atoms with Crippen LogP contribution in [0.2, 0.25) is 0 Å². The van der Waals surface area contributed by atoms with Gasteiger partial charge in [0.2, 0.25) is 0 Å². The molecule has 0 spiro atoms. The first-order valence-corrected chi connectivity index (χ1v) is 5.03. The number of carbonyl (C=O) groups is 2. The summed E-state index contributed by atoms with van der Waals surface area (Å²) in [4.78, 5) is 38.0. The Morgan fingerprint density at radius 1 is 1.41 bits per heavy atom. The van der Waals surface area contributed by atoms with Crippen LogP contribution in [0.1, 0.15) is 31.3 Å². The lowest BCUT2D eigenvalue weighted by molar-refractivity contribution is -0.142. The second-order valence-electron chi connectivity index (χ2n) is 4.77. The number of H-pyrrole nitrogens is 2. The number of hydrogen-bond donors (Lipinski definition) is 4. The summed E-state index contributed by atoms with van der Waals surface area (Å²) in [7, 11) is 0. The number of aromatic amines is 2. The largest absolute Gasteiger partial charge is 0.480 e. The Hall–Kier alpha value is -2.05. The fourth-order valence-corrected chi connectivity index (χ4v) is 1.31. The summed E-state index contributed by atoms with van der Waals surface area (Å²) in [5.74, 6) is -1.76. The van der Waals surface area contributed by atoms with Crippen molar-refractivity contribution in [3.63, 3.8) is 0 Å². The maximum atomic E-state index is 11.7. The lowest BCUT2D eigenvalue weighted by Crippen LogP contribution is -2.49. The van der Waals surface area contributed by atoms with Gasteiger partial charge in [-0.2, -0.15) is 0 Å². The van der Waals surface area contributed by atoms with E-state index in [4.69, 9.17) is 5.11 Å². The van der Waals surface area contributed by atoms with Gasteiger partial charge in [-0.05, 0) is 5.41 Å². The van der Waals surface area contributed by atoms with E-state index in [-0.39, 0.29) is 5.69 Å². The summed E-state index contributed by atoms with van der Waals surface area (Å²) >= 11 is 0. The van der Waals surface area contributed by atoms with Crippen molar-refractivity contribution < 1.29 is 14.7 Å². The number of amides is 1. The number of aliphatic carboxylic acids is 1. The second kappa shape index (κ2) is 4.44. The predicted molar refractivity (Wildman–Crippen MR) is 59.8 cm³/mol. The lowest BCUT2D eigenvalue weighted by Gasteiger charge is -2.27. The maximum absolute atomic E-state index is 11.7. The standard InChI is InChI=1S/C10H15N3O4/c1-10(2,3)6(8(15)16)13-7(14)5-4-11-9(17)12-5/h4,6H,1-3H3,(H,13,14)(H,15,16)(H2,11,12,17). The molecule has 1 amide bonds. The number of carbonyl (C=O) groups excluding carboxylic acids is 1. The third-order valence-electron chi connectivity index (χ3n) is 2.23. The SMILES string of the molecule is CC(C)(C)C(NC(=O)c1c[nH]c(=O)[nH]1)C(=O)O. The van der Waals surface area contributed by atoms with Gasteiger partial charge in [0, 0.05) is 6.20 Å². The first-order chi connectivity index (χ1) is 7.71. The summed E-state index contributed by atoms with van der Waals surface area (Å²) in [6.45, 7) is 5.10. The first kappa shape index (κ1) is 13.0. The van der Waals surface area contributed by atoms with Crippen LogP contribution in [0, 0.1) is 5.41 Å². The minimum absolute atomic E-state index is 0.00509. The molecule has 0 saturated carbocycles. The molecule has 0 aliphatic carbocycles. The number of aromatic nitrogens is 2. The summed E-state index contributed by atoms with van der Waals surface area (Å²) < 4.78 is 0. The molecule has 0 radical (unpaired) electrons. The molecule has 17 heavy (non-hydrogen) atoms. The average Bonchev–Trinajstić information content (AvgIpc) is 2.58. The molecule has 1 rings (SSSR count). The molecule has 1 heterocycles. The van der Waals surface area contributed by atoms with Crippen molar-refractivity contribution >= 4 is 11.9 Å². The van der Waals surface area contributed by atoms with Crippen molar-refractivity contribution in [2.75, 3.05) is 0 Å². The summed E-state index contributed by atoms with van der Waals surface area (Å²) in [6, 6.07) is -1.03. The fraction of sp³-hybridized carbons (Fsp3) is 0.500. The molecule has 7 heteroatoms. The molecule has 0 aliphatic heterocycles. The lowest BCUT2D eigenvalue weighted by atomic mass is 9.87. The highest BCUT2D eigenvalue weighted by molar-refractivity contribution is 5.94. The molecular formula is C10H15N3O4.